The normalized spacial score (nSPS) is 10.9. The lowest BCUT2D eigenvalue weighted by molar-refractivity contribution is 0.0988. The first-order valence-electron chi connectivity index (χ1n) is 6.08. The molecule has 0 amide bonds. The van der Waals surface area contributed by atoms with Crippen LogP contribution in [-0.4, -0.2) is 25.4 Å². The maximum absolute atomic E-state index is 12.3. The van der Waals surface area contributed by atoms with Crippen LogP contribution in [0, 0.1) is 6.92 Å². The molecule has 0 aliphatic rings. The minimum Gasteiger partial charge on any atom is -0.292 e. The number of aryl methyl sites for hydroxylation is 1. The van der Waals surface area contributed by atoms with Crippen molar-refractivity contribution in [2.75, 3.05) is 0 Å². The maximum Gasteiger partial charge on any atom is 0.185 e. The Balaban J connectivity index is 1.92. The van der Waals surface area contributed by atoms with Gasteiger partial charge in [-0.2, -0.15) is 5.10 Å². The van der Waals surface area contributed by atoms with Crippen molar-refractivity contribution in [2.45, 2.75) is 13.3 Å². The van der Waals surface area contributed by atoms with Crippen LogP contribution in [-0.2, 0) is 6.42 Å². The zero-order valence-electron chi connectivity index (χ0n) is 10.7. The van der Waals surface area contributed by atoms with Crippen LogP contribution in [0.3, 0.4) is 0 Å². The highest BCUT2D eigenvalue weighted by Gasteiger charge is 2.12. The molecule has 3 aromatic rings. The lowest BCUT2D eigenvalue weighted by Gasteiger charge is -2.04. The number of carbonyl (C=O) groups excluding carboxylic acids is 1. The highest BCUT2D eigenvalue weighted by Crippen LogP contribution is 2.16. The van der Waals surface area contributed by atoms with E-state index in [1.54, 1.807) is 35.4 Å². The van der Waals surface area contributed by atoms with Gasteiger partial charge in [0, 0.05) is 25.0 Å². The van der Waals surface area contributed by atoms with E-state index in [1.807, 2.05) is 13.0 Å². The molecule has 3 heterocycles. The fraction of sp³-hybridized carbons (Fsp3) is 0.143. The van der Waals surface area contributed by atoms with Gasteiger partial charge in [-0.05, 0) is 46.1 Å². The van der Waals surface area contributed by atoms with Crippen molar-refractivity contribution in [3.05, 3.63) is 58.2 Å². The van der Waals surface area contributed by atoms with Crippen molar-refractivity contribution in [2.24, 2.45) is 0 Å². The molecule has 0 fully saturated rings. The number of carbonyl (C=O) groups is 1. The minimum atomic E-state index is -0.0308. The van der Waals surface area contributed by atoms with Crippen LogP contribution < -0.4 is 0 Å². The first kappa shape index (κ1) is 12.9. The predicted octanol–water partition coefficient (Wildman–Crippen LogP) is 2.62. The molecule has 100 valence electrons. The molecule has 6 heteroatoms. The summed E-state index contributed by atoms with van der Waals surface area (Å²) in [6.07, 6.45) is 7.13. The monoisotopic (exact) mass is 330 g/mol. The second-order valence-corrected chi connectivity index (χ2v) is 5.33. The summed E-state index contributed by atoms with van der Waals surface area (Å²) in [5, 5.41) is 4.10. The van der Waals surface area contributed by atoms with Gasteiger partial charge in [-0.3, -0.25) is 9.78 Å². The maximum atomic E-state index is 12.3. The van der Waals surface area contributed by atoms with E-state index in [2.05, 4.69) is 31.0 Å². The van der Waals surface area contributed by atoms with Crippen LogP contribution in [0.25, 0.3) is 5.65 Å². The van der Waals surface area contributed by atoms with E-state index in [-0.39, 0.29) is 5.78 Å². The number of rotatable bonds is 3. The van der Waals surface area contributed by atoms with Gasteiger partial charge >= 0.3 is 0 Å². The van der Waals surface area contributed by atoms with Crippen LogP contribution in [0.1, 0.15) is 21.6 Å². The molecular formula is C14H11BrN4O. The molecule has 3 aromatic heterocycles. The van der Waals surface area contributed by atoms with Crippen molar-refractivity contribution in [1.29, 1.82) is 0 Å². The molecule has 20 heavy (non-hydrogen) atoms. The number of aromatic nitrogens is 4. The Morgan fingerprint density at radius 1 is 1.35 bits per heavy atom. The van der Waals surface area contributed by atoms with Crippen molar-refractivity contribution < 1.29 is 4.79 Å². The van der Waals surface area contributed by atoms with Crippen molar-refractivity contribution in [1.82, 2.24) is 19.6 Å². The van der Waals surface area contributed by atoms with Crippen molar-refractivity contribution >= 4 is 27.4 Å². The minimum absolute atomic E-state index is 0.0308. The summed E-state index contributed by atoms with van der Waals surface area (Å²) in [6, 6.07) is 3.58. The Hall–Kier alpha value is -2.08. The van der Waals surface area contributed by atoms with E-state index in [0.717, 1.165) is 15.6 Å². The molecule has 0 bridgehead atoms. The van der Waals surface area contributed by atoms with Gasteiger partial charge in [-0.15, -0.1) is 0 Å². The Bertz CT molecular complexity index is 797. The van der Waals surface area contributed by atoms with Gasteiger partial charge in [0.2, 0.25) is 0 Å². The fourth-order valence-corrected chi connectivity index (χ4v) is 2.30. The highest BCUT2D eigenvalue weighted by atomic mass is 79.9. The Morgan fingerprint density at radius 2 is 2.20 bits per heavy atom. The van der Waals surface area contributed by atoms with Crippen LogP contribution >= 0.6 is 15.9 Å². The second-order valence-electron chi connectivity index (χ2n) is 4.48. The summed E-state index contributed by atoms with van der Waals surface area (Å²) in [4.78, 5) is 20.7. The highest BCUT2D eigenvalue weighted by molar-refractivity contribution is 9.10. The van der Waals surface area contributed by atoms with Gasteiger partial charge in [-0.25, -0.2) is 9.50 Å². The van der Waals surface area contributed by atoms with Gasteiger partial charge in [0.1, 0.15) is 5.69 Å². The predicted molar refractivity (Wildman–Crippen MR) is 77.7 cm³/mol. The molecule has 0 radical (unpaired) electrons. The van der Waals surface area contributed by atoms with Crippen molar-refractivity contribution in [3.8, 4) is 0 Å². The topological polar surface area (TPSA) is 60.2 Å². The first-order chi connectivity index (χ1) is 9.65. The number of nitrogens with zero attached hydrogens (tertiary/aromatic N) is 4. The lowest BCUT2D eigenvalue weighted by Crippen LogP contribution is -2.08. The van der Waals surface area contributed by atoms with E-state index in [4.69, 9.17) is 0 Å². The largest absolute Gasteiger partial charge is 0.292 e. The molecule has 0 aliphatic heterocycles. The average molecular weight is 331 g/mol. The van der Waals surface area contributed by atoms with Gasteiger partial charge in [0.25, 0.3) is 0 Å². The standard InChI is InChI=1S/C14H11BrN4O/c1-9-2-4-16-7-10(9)6-13(20)12-3-5-19-14(18-12)11(15)8-17-19/h2-5,7-8H,6H2,1H3. The zero-order valence-corrected chi connectivity index (χ0v) is 12.3. The molecule has 0 aliphatic carbocycles. The molecule has 0 saturated heterocycles. The molecule has 0 N–H and O–H groups in total. The Labute approximate surface area is 123 Å². The number of fused-ring (bicyclic) bond motifs is 1. The fourth-order valence-electron chi connectivity index (χ4n) is 1.94. The van der Waals surface area contributed by atoms with Gasteiger partial charge in [-0.1, -0.05) is 0 Å². The lowest BCUT2D eigenvalue weighted by atomic mass is 10.0. The smallest absolute Gasteiger partial charge is 0.185 e. The van der Waals surface area contributed by atoms with E-state index in [0.29, 0.717) is 17.8 Å². The van der Waals surface area contributed by atoms with Gasteiger partial charge < -0.3 is 0 Å². The quantitative estimate of drug-likeness (QED) is 0.692. The van der Waals surface area contributed by atoms with Crippen molar-refractivity contribution in [3.63, 3.8) is 0 Å². The third-order valence-electron chi connectivity index (χ3n) is 3.11. The van der Waals surface area contributed by atoms with Crippen LogP contribution in [0.4, 0.5) is 0 Å². The summed E-state index contributed by atoms with van der Waals surface area (Å²) >= 11 is 3.36. The Morgan fingerprint density at radius 3 is 3.00 bits per heavy atom. The van der Waals surface area contributed by atoms with Crippen LogP contribution in [0.5, 0.6) is 0 Å². The van der Waals surface area contributed by atoms with E-state index < -0.39 is 0 Å². The molecule has 0 saturated carbocycles. The number of hydrogen-bond acceptors (Lipinski definition) is 4. The van der Waals surface area contributed by atoms with E-state index >= 15 is 0 Å². The van der Waals surface area contributed by atoms with Crippen LogP contribution in [0.15, 0.2) is 41.4 Å². The van der Waals surface area contributed by atoms with Gasteiger partial charge in [0.15, 0.2) is 11.4 Å². The zero-order chi connectivity index (χ0) is 14.1. The first-order valence-corrected chi connectivity index (χ1v) is 6.87. The molecule has 0 spiro atoms. The number of pyridine rings is 1. The van der Waals surface area contributed by atoms with E-state index in [9.17, 15) is 4.79 Å². The third-order valence-corrected chi connectivity index (χ3v) is 3.67. The van der Waals surface area contributed by atoms with E-state index in [1.165, 1.54) is 0 Å². The molecular weight excluding hydrogens is 320 g/mol. The number of halogens is 1. The molecule has 0 atom stereocenters. The van der Waals surface area contributed by atoms with Gasteiger partial charge in [0.05, 0.1) is 10.7 Å². The Kier molecular flexibility index (Phi) is 3.31. The molecule has 0 unspecified atom stereocenters. The number of Topliss-reactive ketones (excluding diaryl/α,β-unsaturated/α-hetero) is 1. The summed E-state index contributed by atoms with van der Waals surface area (Å²) in [7, 11) is 0. The summed E-state index contributed by atoms with van der Waals surface area (Å²) in [5.74, 6) is -0.0308. The molecule has 5 nitrogen and oxygen atoms in total. The molecule has 0 aromatic carbocycles. The SMILES string of the molecule is Cc1ccncc1CC(=O)c1ccn2ncc(Br)c2n1. The average Bonchev–Trinajstić information content (AvgIpc) is 2.82. The summed E-state index contributed by atoms with van der Waals surface area (Å²) in [6.45, 7) is 1.97. The number of ketones is 1. The summed E-state index contributed by atoms with van der Waals surface area (Å²) in [5.41, 5.74) is 3.05. The third kappa shape index (κ3) is 2.34. The number of hydrogen-bond donors (Lipinski definition) is 0. The molecule has 3 rings (SSSR count). The second kappa shape index (κ2) is 5.13. The summed E-state index contributed by atoms with van der Waals surface area (Å²) < 4.78 is 2.39. The van der Waals surface area contributed by atoms with Crippen LogP contribution in [0.2, 0.25) is 0 Å².